The van der Waals surface area contributed by atoms with Crippen LogP contribution < -0.4 is 5.32 Å². The fraction of sp³-hybridized carbons (Fsp3) is 0.500. The quantitative estimate of drug-likeness (QED) is 0.854. The Kier molecular flexibility index (Phi) is 2.74. The molecule has 0 aromatic carbocycles. The molecular formula is C12H14N2O3S. The van der Waals surface area contributed by atoms with Crippen molar-refractivity contribution in [3.05, 3.63) is 21.9 Å². The number of carbonyl (C=O) groups excluding carboxylic acids is 1. The zero-order valence-corrected chi connectivity index (χ0v) is 10.6. The van der Waals surface area contributed by atoms with Gasteiger partial charge >= 0.3 is 12.0 Å². The number of urea groups is 1. The maximum atomic E-state index is 12.0. The molecule has 1 aromatic rings. The van der Waals surface area contributed by atoms with Crippen molar-refractivity contribution >= 4 is 23.3 Å². The summed E-state index contributed by atoms with van der Waals surface area (Å²) in [6, 6.07) is 0.978. The van der Waals surface area contributed by atoms with E-state index in [9.17, 15) is 14.7 Å². The van der Waals surface area contributed by atoms with E-state index in [0.717, 1.165) is 29.7 Å². The molecule has 3 rings (SSSR count). The second-order valence-corrected chi connectivity index (χ2v) is 5.71. The first-order chi connectivity index (χ1) is 8.66. The van der Waals surface area contributed by atoms with Crippen molar-refractivity contribution in [3.8, 4) is 0 Å². The standard InChI is InChI=1S/C12H14N2O3S/c15-11(16)10-8-4-6-18-9(8)3-5-14(10)12(17)13-7-1-2-7/h4,6-7,10H,1-3,5H2,(H,13,17)(H,15,16). The fourth-order valence-electron chi connectivity index (χ4n) is 2.29. The SMILES string of the molecule is O=C(O)C1c2ccsc2CCN1C(=O)NC1CC1. The van der Waals surface area contributed by atoms with Gasteiger partial charge in [0.15, 0.2) is 6.04 Å². The van der Waals surface area contributed by atoms with Crippen LogP contribution in [-0.2, 0) is 11.2 Å². The van der Waals surface area contributed by atoms with Gasteiger partial charge in [0.25, 0.3) is 0 Å². The van der Waals surface area contributed by atoms with Gasteiger partial charge in [-0.1, -0.05) is 0 Å². The molecule has 2 aliphatic rings. The molecule has 1 aliphatic heterocycles. The normalized spacial score (nSPS) is 22.4. The molecule has 1 aromatic heterocycles. The Hall–Kier alpha value is -1.56. The number of hydrogen-bond acceptors (Lipinski definition) is 3. The van der Waals surface area contributed by atoms with Gasteiger partial charge in [0.05, 0.1) is 0 Å². The number of hydrogen-bond donors (Lipinski definition) is 2. The summed E-state index contributed by atoms with van der Waals surface area (Å²) >= 11 is 1.56. The van der Waals surface area contributed by atoms with E-state index in [0.29, 0.717) is 6.54 Å². The summed E-state index contributed by atoms with van der Waals surface area (Å²) in [7, 11) is 0. The molecule has 0 saturated heterocycles. The Morgan fingerprint density at radius 1 is 1.44 bits per heavy atom. The number of fused-ring (bicyclic) bond motifs is 1. The Morgan fingerprint density at radius 3 is 2.89 bits per heavy atom. The third-order valence-corrected chi connectivity index (χ3v) is 4.36. The highest BCUT2D eigenvalue weighted by Gasteiger charge is 2.38. The molecule has 1 unspecified atom stereocenters. The van der Waals surface area contributed by atoms with Crippen LogP contribution in [0.4, 0.5) is 4.79 Å². The monoisotopic (exact) mass is 266 g/mol. The first-order valence-corrected chi connectivity index (χ1v) is 6.91. The molecule has 2 heterocycles. The second-order valence-electron chi connectivity index (χ2n) is 4.71. The van der Waals surface area contributed by atoms with E-state index in [4.69, 9.17) is 0 Å². The van der Waals surface area contributed by atoms with Crippen LogP contribution in [0.15, 0.2) is 11.4 Å². The lowest BCUT2D eigenvalue weighted by Crippen LogP contribution is -2.48. The summed E-state index contributed by atoms with van der Waals surface area (Å²) in [6.45, 7) is 0.475. The highest BCUT2D eigenvalue weighted by atomic mass is 32.1. The van der Waals surface area contributed by atoms with Crippen LogP contribution in [-0.4, -0.2) is 34.6 Å². The fourth-order valence-corrected chi connectivity index (χ4v) is 3.19. The van der Waals surface area contributed by atoms with E-state index in [2.05, 4.69) is 5.32 Å². The third-order valence-electron chi connectivity index (χ3n) is 3.37. The number of carboxylic acid groups (broad SMARTS) is 1. The Bertz CT molecular complexity index is 495. The molecule has 0 spiro atoms. The van der Waals surface area contributed by atoms with Crippen molar-refractivity contribution in [2.24, 2.45) is 0 Å². The second kappa shape index (κ2) is 4.28. The van der Waals surface area contributed by atoms with Gasteiger partial charge in [-0.15, -0.1) is 11.3 Å². The van der Waals surface area contributed by atoms with Gasteiger partial charge in [-0.05, 0) is 36.3 Å². The summed E-state index contributed by atoms with van der Waals surface area (Å²) in [5.74, 6) is -0.958. The van der Waals surface area contributed by atoms with Crippen LogP contribution >= 0.6 is 11.3 Å². The lowest BCUT2D eigenvalue weighted by Gasteiger charge is -2.33. The van der Waals surface area contributed by atoms with Crippen molar-refractivity contribution in [1.82, 2.24) is 10.2 Å². The zero-order valence-electron chi connectivity index (χ0n) is 9.76. The Morgan fingerprint density at radius 2 is 2.22 bits per heavy atom. The summed E-state index contributed by atoms with van der Waals surface area (Å²) in [6.07, 6.45) is 2.75. The minimum atomic E-state index is -0.958. The minimum Gasteiger partial charge on any atom is -0.479 e. The smallest absolute Gasteiger partial charge is 0.331 e. The molecule has 1 aliphatic carbocycles. The van der Waals surface area contributed by atoms with E-state index in [1.807, 2.05) is 11.4 Å². The third kappa shape index (κ3) is 1.96. The summed E-state index contributed by atoms with van der Waals surface area (Å²) < 4.78 is 0. The molecule has 0 radical (unpaired) electrons. The maximum Gasteiger partial charge on any atom is 0.331 e. The van der Waals surface area contributed by atoms with Crippen molar-refractivity contribution in [1.29, 1.82) is 0 Å². The van der Waals surface area contributed by atoms with Crippen LogP contribution in [0.25, 0.3) is 0 Å². The number of nitrogens with zero attached hydrogens (tertiary/aromatic N) is 1. The predicted octanol–water partition coefficient (Wildman–Crippen LogP) is 1.60. The number of carbonyl (C=O) groups is 2. The van der Waals surface area contributed by atoms with Gasteiger partial charge in [0, 0.05) is 17.5 Å². The molecule has 1 fully saturated rings. The van der Waals surface area contributed by atoms with Gasteiger partial charge in [-0.25, -0.2) is 9.59 Å². The molecule has 96 valence electrons. The molecule has 1 atom stereocenters. The van der Waals surface area contributed by atoms with E-state index in [1.54, 1.807) is 11.3 Å². The summed E-state index contributed by atoms with van der Waals surface area (Å²) in [5, 5.41) is 14.1. The first-order valence-electron chi connectivity index (χ1n) is 6.03. The number of rotatable bonds is 2. The highest BCUT2D eigenvalue weighted by Crippen LogP contribution is 2.33. The average molecular weight is 266 g/mol. The molecule has 2 N–H and O–H groups in total. The van der Waals surface area contributed by atoms with Crippen molar-refractivity contribution in [2.45, 2.75) is 31.3 Å². The number of carboxylic acids is 1. The molecule has 2 amide bonds. The predicted molar refractivity (Wildman–Crippen MR) is 66.7 cm³/mol. The van der Waals surface area contributed by atoms with Gasteiger partial charge in [-0.3, -0.25) is 0 Å². The van der Waals surface area contributed by atoms with Crippen LogP contribution in [0.5, 0.6) is 0 Å². The lowest BCUT2D eigenvalue weighted by molar-refractivity contribution is -0.142. The number of amides is 2. The van der Waals surface area contributed by atoms with Crippen LogP contribution in [0, 0.1) is 0 Å². The summed E-state index contributed by atoms with van der Waals surface area (Å²) in [5.41, 5.74) is 0.768. The Labute approximate surface area is 108 Å². The van der Waals surface area contributed by atoms with Crippen LogP contribution in [0.2, 0.25) is 0 Å². The topological polar surface area (TPSA) is 69.6 Å². The van der Waals surface area contributed by atoms with Crippen molar-refractivity contribution in [2.75, 3.05) is 6.54 Å². The number of nitrogens with one attached hydrogen (secondary N) is 1. The zero-order chi connectivity index (χ0) is 12.7. The Balaban J connectivity index is 1.85. The molecule has 0 bridgehead atoms. The van der Waals surface area contributed by atoms with Gasteiger partial charge in [0.2, 0.25) is 0 Å². The molecule has 5 nitrogen and oxygen atoms in total. The van der Waals surface area contributed by atoms with Crippen LogP contribution in [0.3, 0.4) is 0 Å². The molecular weight excluding hydrogens is 252 g/mol. The van der Waals surface area contributed by atoms with E-state index in [-0.39, 0.29) is 12.1 Å². The van der Waals surface area contributed by atoms with Gasteiger partial charge < -0.3 is 15.3 Å². The highest BCUT2D eigenvalue weighted by molar-refractivity contribution is 7.10. The maximum absolute atomic E-state index is 12.0. The molecule has 18 heavy (non-hydrogen) atoms. The average Bonchev–Trinajstić information content (AvgIpc) is 3.02. The van der Waals surface area contributed by atoms with E-state index in [1.165, 1.54) is 4.90 Å². The summed E-state index contributed by atoms with van der Waals surface area (Å²) in [4.78, 5) is 26.0. The van der Waals surface area contributed by atoms with Crippen molar-refractivity contribution in [3.63, 3.8) is 0 Å². The first kappa shape index (κ1) is 11.5. The minimum absolute atomic E-state index is 0.246. The van der Waals surface area contributed by atoms with Crippen molar-refractivity contribution < 1.29 is 14.7 Å². The molecule has 6 heteroatoms. The van der Waals surface area contributed by atoms with Crippen LogP contribution in [0.1, 0.15) is 29.3 Å². The lowest BCUT2D eigenvalue weighted by atomic mass is 10.0. The largest absolute Gasteiger partial charge is 0.479 e. The number of thiophene rings is 1. The van der Waals surface area contributed by atoms with Gasteiger partial charge in [0.1, 0.15) is 0 Å². The number of aliphatic carboxylic acids is 1. The molecule has 1 saturated carbocycles. The van der Waals surface area contributed by atoms with E-state index < -0.39 is 12.0 Å². The van der Waals surface area contributed by atoms with Gasteiger partial charge in [-0.2, -0.15) is 0 Å². The van der Waals surface area contributed by atoms with E-state index >= 15 is 0 Å².